The Hall–Kier alpha value is -1.76. The van der Waals surface area contributed by atoms with Crippen molar-refractivity contribution in [2.45, 2.75) is 18.7 Å². The minimum atomic E-state index is -3.87. The fourth-order valence-corrected chi connectivity index (χ4v) is 2.55. The maximum atomic E-state index is 11.8. The third-order valence-electron chi connectivity index (χ3n) is 2.68. The summed E-state index contributed by atoms with van der Waals surface area (Å²) in [4.78, 5) is 13.1. The molecule has 19 heavy (non-hydrogen) atoms. The highest BCUT2D eigenvalue weighted by atomic mass is 32.2. The zero-order valence-electron chi connectivity index (χ0n) is 11.2. The van der Waals surface area contributed by atoms with Crippen molar-refractivity contribution < 1.29 is 17.9 Å². The molecule has 0 aliphatic rings. The number of methoxy groups -OCH3 is 1. The molecule has 0 saturated carbocycles. The lowest BCUT2D eigenvalue weighted by Crippen LogP contribution is -2.30. The molecule has 0 aromatic heterocycles. The molecule has 0 saturated heterocycles. The van der Waals surface area contributed by atoms with Crippen LogP contribution in [0, 0.1) is 0 Å². The third kappa shape index (κ3) is 3.85. The molecule has 0 fully saturated rings. The Morgan fingerprint density at radius 3 is 2.16 bits per heavy atom. The van der Waals surface area contributed by atoms with Crippen LogP contribution in [-0.4, -0.2) is 34.7 Å². The lowest BCUT2D eigenvalue weighted by atomic mass is 10.3. The van der Waals surface area contributed by atoms with Crippen LogP contribution in [0.1, 0.15) is 13.8 Å². The number of hydrogen-bond donors (Lipinski definition) is 1. The second-order valence-electron chi connectivity index (χ2n) is 3.76. The topological polar surface area (TPSA) is 75.7 Å². The van der Waals surface area contributed by atoms with Crippen molar-refractivity contribution in [3.8, 4) is 0 Å². The minimum absolute atomic E-state index is 0.0220. The maximum absolute atomic E-state index is 11.8. The Balaban J connectivity index is 2.95. The molecule has 0 radical (unpaired) electrons. The van der Waals surface area contributed by atoms with Crippen LogP contribution in [0.25, 0.3) is 0 Å². The van der Waals surface area contributed by atoms with E-state index in [1.54, 1.807) is 16.9 Å². The number of amides is 1. The van der Waals surface area contributed by atoms with Crippen molar-refractivity contribution in [1.82, 2.24) is 4.72 Å². The number of anilines is 1. The van der Waals surface area contributed by atoms with Gasteiger partial charge < -0.3 is 9.64 Å². The molecule has 1 aromatic carbocycles. The predicted molar refractivity (Wildman–Crippen MR) is 72.7 cm³/mol. The van der Waals surface area contributed by atoms with Crippen LogP contribution in [0.15, 0.2) is 29.2 Å². The molecule has 7 heteroatoms. The Morgan fingerprint density at radius 1 is 1.21 bits per heavy atom. The molecule has 0 aliphatic carbocycles. The number of nitrogens with one attached hydrogen (secondary N) is 1. The summed E-state index contributed by atoms with van der Waals surface area (Å²) in [7, 11) is -2.77. The highest BCUT2D eigenvalue weighted by molar-refractivity contribution is 7.90. The summed E-state index contributed by atoms with van der Waals surface area (Å²) in [6.07, 6.45) is -1.01. The van der Waals surface area contributed by atoms with Gasteiger partial charge in [-0.05, 0) is 38.1 Å². The van der Waals surface area contributed by atoms with Gasteiger partial charge >= 0.3 is 6.09 Å². The van der Waals surface area contributed by atoms with E-state index in [4.69, 9.17) is 0 Å². The molecule has 1 rings (SSSR count). The number of carbonyl (C=O) groups is 1. The van der Waals surface area contributed by atoms with E-state index in [1.165, 1.54) is 12.1 Å². The largest absolute Gasteiger partial charge is 0.452 e. The van der Waals surface area contributed by atoms with Gasteiger partial charge in [0.05, 0.1) is 12.0 Å². The molecule has 0 heterocycles. The molecule has 0 bridgehead atoms. The standard InChI is InChI=1S/C12H18N2O4S/c1-4-14(5-2)10-6-8-11(9-7-10)19(16,17)13-12(15)18-3/h6-9H,4-5H2,1-3H3,(H,13,15). The van der Waals surface area contributed by atoms with E-state index in [2.05, 4.69) is 9.64 Å². The van der Waals surface area contributed by atoms with Gasteiger partial charge in [-0.3, -0.25) is 0 Å². The van der Waals surface area contributed by atoms with Gasteiger partial charge in [0.1, 0.15) is 0 Å². The number of carbonyl (C=O) groups excluding carboxylic acids is 1. The normalized spacial score (nSPS) is 10.9. The summed E-state index contributed by atoms with van der Waals surface area (Å²) < 4.78 is 29.7. The third-order valence-corrected chi connectivity index (χ3v) is 4.01. The van der Waals surface area contributed by atoms with Crippen LogP contribution >= 0.6 is 0 Å². The number of hydrogen-bond acceptors (Lipinski definition) is 5. The van der Waals surface area contributed by atoms with E-state index in [0.29, 0.717) is 0 Å². The van der Waals surface area contributed by atoms with Crippen LogP contribution in [0.3, 0.4) is 0 Å². The fourth-order valence-electron chi connectivity index (χ4n) is 1.64. The van der Waals surface area contributed by atoms with E-state index >= 15 is 0 Å². The first-order valence-corrected chi connectivity index (χ1v) is 7.38. The quantitative estimate of drug-likeness (QED) is 0.889. The van der Waals surface area contributed by atoms with Crippen molar-refractivity contribution in [2.24, 2.45) is 0 Å². The molecule has 1 aromatic rings. The second-order valence-corrected chi connectivity index (χ2v) is 5.45. The number of rotatable bonds is 5. The zero-order chi connectivity index (χ0) is 14.5. The summed E-state index contributed by atoms with van der Waals surface area (Å²) in [6.45, 7) is 5.71. The van der Waals surface area contributed by atoms with E-state index in [0.717, 1.165) is 25.9 Å². The number of ether oxygens (including phenoxy) is 1. The first kappa shape index (κ1) is 15.3. The predicted octanol–water partition coefficient (Wildman–Crippen LogP) is 1.58. The molecular formula is C12H18N2O4S. The molecule has 1 N–H and O–H groups in total. The van der Waals surface area contributed by atoms with Gasteiger partial charge in [0.2, 0.25) is 0 Å². The first-order chi connectivity index (χ1) is 8.94. The van der Waals surface area contributed by atoms with E-state index in [9.17, 15) is 13.2 Å². The van der Waals surface area contributed by atoms with Crippen LogP contribution in [-0.2, 0) is 14.8 Å². The Morgan fingerprint density at radius 2 is 1.74 bits per heavy atom. The zero-order valence-corrected chi connectivity index (χ0v) is 12.0. The van der Waals surface area contributed by atoms with Crippen molar-refractivity contribution in [1.29, 1.82) is 0 Å². The van der Waals surface area contributed by atoms with Gasteiger partial charge in [-0.15, -0.1) is 0 Å². The van der Waals surface area contributed by atoms with Gasteiger partial charge in [0.25, 0.3) is 10.0 Å². The fraction of sp³-hybridized carbons (Fsp3) is 0.417. The number of benzene rings is 1. The highest BCUT2D eigenvalue weighted by Crippen LogP contribution is 2.17. The van der Waals surface area contributed by atoms with Gasteiger partial charge in [0.15, 0.2) is 0 Å². The summed E-state index contributed by atoms with van der Waals surface area (Å²) in [6, 6.07) is 6.33. The second kappa shape index (κ2) is 6.42. The van der Waals surface area contributed by atoms with Crippen LogP contribution in [0.2, 0.25) is 0 Å². The summed E-state index contributed by atoms with van der Waals surface area (Å²) >= 11 is 0. The van der Waals surface area contributed by atoms with Gasteiger partial charge in [-0.1, -0.05) is 0 Å². The summed E-state index contributed by atoms with van der Waals surface area (Å²) in [5, 5.41) is 0. The highest BCUT2D eigenvalue weighted by Gasteiger charge is 2.17. The summed E-state index contributed by atoms with van der Waals surface area (Å²) in [5.74, 6) is 0. The minimum Gasteiger partial charge on any atom is -0.452 e. The van der Waals surface area contributed by atoms with Crippen LogP contribution < -0.4 is 9.62 Å². The molecule has 0 aliphatic heterocycles. The van der Waals surface area contributed by atoms with Gasteiger partial charge in [-0.25, -0.2) is 17.9 Å². The monoisotopic (exact) mass is 286 g/mol. The van der Waals surface area contributed by atoms with E-state index in [-0.39, 0.29) is 4.90 Å². The maximum Gasteiger partial charge on any atom is 0.420 e. The van der Waals surface area contributed by atoms with Crippen LogP contribution in [0.5, 0.6) is 0 Å². The van der Waals surface area contributed by atoms with Crippen LogP contribution in [0.4, 0.5) is 10.5 Å². The molecule has 1 amide bonds. The molecule has 0 unspecified atom stereocenters. The molecule has 0 atom stereocenters. The van der Waals surface area contributed by atoms with Crippen molar-refractivity contribution in [2.75, 3.05) is 25.1 Å². The Bertz CT molecular complexity index is 521. The average Bonchev–Trinajstić information content (AvgIpc) is 2.40. The van der Waals surface area contributed by atoms with Crippen molar-refractivity contribution in [3.05, 3.63) is 24.3 Å². The summed E-state index contributed by atoms with van der Waals surface area (Å²) in [5.41, 5.74) is 0.932. The SMILES string of the molecule is CCN(CC)c1ccc(S(=O)(=O)NC(=O)OC)cc1. The lowest BCUT2D eigenvalue weighted by Gasteiger charge is -2.21. The number of nitrogens with zero attached hydrogens (tertiary/aromatic N) is 1. The Labute approximate surface area is 113 Å². The average molecular weight is 286 g/mol. The van der Waals surface area contributed by atoms with Gasteiger partial charge in [0, 0.05) is 18.8 Å². The molecular weight excluding hydrogens is 268 g/mol. The van der Waals surface area contributed by atoms with Gasteiger partial charge in [-0.2, -0.15) is 0 Å². The van der Waals surface area contributed by atoms with Crippen molar-refractivity contribution >= 4 is 21.8 Å². The van der Waals surface area contributed by atoms with E-state index in [1.807, 2.05) is 13.8 Å². The Kier molecular flexibility index (Phi) is 5.17. The number of sulfonamides is 1. The van der Waals surface area contributed by atoms with Crippen molar-refractivity contribution in [3.63, 3.8) is 0 Å². The molecule has 6 nitrogen and oxygen atoms in total. The van der Waals surface area contributed by atoms with E-state index < -0.39 is 16.1 Å². The first-order valence-electron chi connectivity index (χ1n) is 5.90. The molecule has 106 valence electrons. The lowest BCUT2D eigenvalue weighted by molar-refractivity contribution is 0.177. The smallest absolute Gasteiger partial charge is 0.420 e. The molecule has 0 spiro atoms.